The minimum atomic E-state index is -0.200. The van der Waals surface area contributed by atoms with Crippen LogP contribution in [0.5, 0.6) is 0 Å². The van der Waals surface area contributed by atoms with Gasteiger partial charge in [0, 0.05) is 31.4 Å². The third kappa shape index (κ3) is 3.15. The number of piperidine rings is 1. The number of benzene rings is 1. The van der Waals surface area contributed by atoms with Crippen LogP contribution in [0.25, 0.3) is 0 Å². The summed E-state index contributed by atoms with van der Waals surface area (Å²) in [6, 6.07) is 7.42. The normalized spacial score (nSPS) is 26.9. The summed E-state index contributed by atoms with van der Waals surface area (Å²) in [4.78, 5) is 2.36. The second-order valence-electron chi connectivity index (χ2n) is 6.57. The van der Waals surface area contributed by atoms with Crippen LogP contribution in [0.4, 0.5) is 5.69 Å². The van der Waals surface area contributed by atoms with Crippen LogP contribution >= 0.6 is 0 Å². The standard InChI is InChI=1S/C17H26N2O/c1-12-3-6-16(14(9-12)10-18-15-4-5-15)19-8-7-13(2)17(20)11-19/h3,6,9,13,15,17-18,20H,4-5,7-8,10-11H2,1-2H3. The summed E-state index contributed by atoms with van der Waals surface area (Å²) in [6.45, 7) is 7.06. The molecule has 1 aliphatic carbocycles. The topological polar surface area (TPSA) is 35.5 Å². The fraction of sp³-hybridized carbons (Fsp3) is 0.647. The third-order valence-corrected chi connectivity index (χ3v) is 4.65. The molecule has 0 radical (unpaired) electrons. The maximum atomic E-state index is 10.1. The molecule has 3 nitrogen and oxygen atoms in total. The van der Waals surface area contributed by atoms with E-state index in [0.29, 0.717) is 5.92 Å². The number of anilines is 1. The van der Waals surface area contributed by atoms with Crippen molar-refractivity contribution >= 4 is 5.69 Å². The molecule has 3 heteroatoms. The van der Waals surface area contributed by atoms with Gasteiger partial charge in [-0.2, -0.15) is 0 Å². The van der Waals surface area contributed by atoms with E-state index in [9.17, 15) is 5.11 Å². The summed E-state index contributed by atoms with van der Waals surface area (Å²) < 4.78 is 0. The van der Waals surface area contributed by atoms with Gasteiger partial charge in [0.2, 0.25) is 0 Å². The lowest BCUT2D eigenvalue weighted by Gasteiger charge is -2.37. The molecule has 0 spiro atoms. The average Bonchev–Trinajstić information content (AvgIpc) is 3.24. The van der Waals surface area contributed by atoms with Gasteiger partial charge >= 0.3 is 0 Å². The molecule has 1 aliphatic heterocycles. The number of β-amino-alcohol motifs (C(OH)–C–C–N with tert-alkyl or cyclic N) is 1. The molecule has 1 saturated heterocycles. The van der Waals surface area contributed by atoms with Crippen LogP contribution in [0.15, 0.2) is 18.2 Å². The number of nitrogens with one attached hydrogen (secondary N) is 1. The number of aliphatic hydroxyl groups is 1. The van der Waals surface area contributed by atoms with Gasteiger partial charge in [-0.25, -0.2) is 0 Å². The van der Waals surface area contributed by atoms with E-state index in [1.807, 2.05) is 0 Å². The van der Waals surface area contributed by atoms with Crippen molar-refractivity contribution in [1.29, 1.82) is 0 Å². The molecule has 1 aromatic rings. The van der Waals surface area contributed by atoms with Crippen LogP contribution in [0.1, 0.15) is 37.3 Å². The first-order chi connectivity index (χ1) is 9.63. The Morgan fingerprint density at radius 3 is 2.80 bits per heavy atom. The molecule has 1 aromatic carbocycles. The van der Waals surface area contributed by atoms with Crippen LogP contribution in [0, 0.1) is 12.8 Å². The van der Waals surface area contributed by atoms with Gasteiger partial charge < -0.3 is 15.3 Å². The quantitative estimate of drug-likeness (QED) is 0.885. The van der Waals surface area contributed by atoms with Crippen LogP contribution in [-0.2, 0) is 6.54 Å². The van der Waals surface area contributed by atoms with Crippen molar-refractivity contribution in [2.24, 2.45) is 5.92 Å². The van der Waals surface area contributed by atoms with E-state index in [-0.39, 0.29) is 6.10 Å². The Bertz CT molecular complexity index is 470. The van der Waals surface area contributed by atoms with E-state index in [2.05, 4.69) is 42.3 Å². The predicted molar refractivity (Wildman–Crippen MR) is 83.0 cm³/mol. The molecular formula is C17H26N2O. The van der Waals surface area contributed by atoms with Crippen LogP contribution < -0.4 is 10.2 Å². The lowest BCUT2D eigenvalue weighted by Crippen LogP contribution is -2.43. The van der Waals surface area contributed by atoms with Crippen molar-refractivity contribution in [2.45, 2.75) is 51.8 Å². The molecule has 2 N–H and O–H groups in total. The third-order valence-electron chi connectivity index (χ3n) is 4.65. The summed E-state index contributed by atoms with van der Waals surface area (Å²) >= 11 is 0. The van der Waals surface area contributed by atoms with E-state index >= 15 is 0 Å². The molecule has 20 heavy (non-hydrogen) atoms. The van der Waals surface area contributed by atoms with E-state index in [1.54, 1.807) is 0 Å². The Balaban J connectivity index is 1.76. The maximum absolute atomic E-state index is 10.1. The first-order valence-corrected chi connectivity index (χ1v) is 7.89. The van der Waals surface area contributed by atoms with Gasteiger partial charge in [0.1, 0.15) is 0 Å². The van der Waals surface area contributed by atoms with Crippen LogP contribution in [-0.4, -0.2) is 30.3 Å². The van der Waals surface area contributed by atoms with Crippen molar-refractivity contribution in [3.8, 4) is 0 Å². The van der Waals surface area contributed by atoms with Crippen molar-refractivity contribution in [1.82, 2.24) is 5.32 Å². The Morgan fingerprint density at radius 2 is 2.10 bits per heavy atom. The molecule has 2 unspecified atom stereocenters. The van der Waals surface area contributed by atoms with Crippen LogP contribution in [0.2, 0.25) is 0 Å². The molecule has 0 amide bonds. The van der Waals surface area contributed by atoms with Gasteiger partial charge in [0.15, 0.2) is 0 Å². The summed E-state index contributed by atoms with van der Waals surface area (Å²) in [7, 11) is 0. The fourth-order valence-electron chi connectivity index (χ4n) is 2.97. The van der Waals surface area contributed by atoms with Gasteiger partial charge in [-0.05, 0) is 43.7 Å². The maximum Gasteiger partial charge on any atom is 0.0741 e. The monoisotopic (exact) mass is 274 g/mol. The molecule has 0 bridgehead atoms. The second kappa shape index (κ2) is 5.74. The number of hydrogen-bond acceptors (Lipinski definition) is 3. The lowest BCUT2D eigenvalue weighted by atomic mass is 9.95. The highest BCUT2D eigenvalue weighted by Gasteiger charge is 2.26. The highest BCUT2D eigenvalue weighted by molar-refractivity contribution is 5.55. The molecule has 2 fully saturated rings. The van der Waals surface area contributed by atoms with Gasteiger partial charge in [-0.15, -0.1) is 0 Å². The van der Waals surface area contributed by atoms with Gasteiger partial charge in [-0.1, -0.05) is 24.6 Å². The minimum absolute atomic E-state index is 0.200. The highest BCUT2D eigenvalue weighted by Crippen LogP contribution is 2.28. The zero-order valence-corrected chi connectivity index (χ0v) is 12.6. The Kier molecular flexibility index (Phi) is 3.99. The van der Waals surface area contributed by atoms with E-state index < -0.39 is 0 Å². The Labute approximate surface area is 122 Å². The molecular weight excluding hydrogens is 248 g/mol. The van der Waals surface area contributed by atoms with E-state index in [4.69, 9.17) is 0 Å². The first-order valence-electron chi connectivity index (χ1n) is 7.89. The Morgan fingerprint density at radius 1 is 1.30 bits per heavy atom. The van der Waals surface area contributed by atoms with Crippen LogP contribution in [0.3, 0.4) is 0 Å². The minimum Gasteiger partial charge on any atom is -0.391 e. The molecule has 2 aliphatic rings. The largest absolute Gasteiger partial charge is 0.391 e. The van der Waals surface area contributed by atoms with E-state index in [1.165, 1.54) is 29.7 Å². The van der Waals surface area contributed by atoms with Crippen molar-refractivity contribution in [3.05, 3.63) is 29.3 Å². The fourth-order valence-corrected chi connectivity index (χ4v) is 2.97. The summed E-state index contributed by atoms with van der Waals surface area (Å²) in [5, 5.41) is 13.7. The first kappa shape index (κ1) is 13.9. The number of aryl methyl sites for hydroxylation is 1. The van der Waals surface area contributed by atoms with Gasteiger partial charge in [0.05, 0.1) is 6.10 Å². The molecule has 1 saturated carbocycles. The van der Waals surface area contributed by atoms with Crippen molar-refractivity contribution in [3.63, 3.8) is 0 Å². The lowest BCUT2D eigenvalue weighted by molar-refractivity contribution is 0.103. The number of rotatable bonds is 4. The summed E-state index contributed by atoms with van der Waals surface area (Å²) in [5.74, 6) is 0.421. The Hall–Kier alpha value is -1.06. The zero-order chi connectivity index (χ0) is 14.1. The highest BCUT2D eigenvalue weighted by atomic mass is 16.3. The number of nitrogens with zero attached hydrogens (tertiary/aromatic N) is 1. The summed E-state index contributed by atoms with van der Waals surface area (Å²) in [6.07, 6.45) is 3.52. The average molecular weight is 274 g/mol. The SMILES string of the molecule is Cc1ccc(N2CCC(C)C(O)C2)c(CNC2CC2)c1. The predicted octanol–water partition coefficient (Wildman–Crippen LogP) is 2.45. The van der Waals surface area contributed by atoms with E-state index in [0.717, 1.165) is 32.1 Å². The van der Waals surface area contributed by atoms with Crippen molar-refractivity contribution in [2.75, 3.05) is 18.0 Å². The van der Waals surface area contributed by atoms with Crippen molar-refractivity contribution < 1.29 is 5.11 Å². The molecule has 110 valence electrons. The second-order valence-corrected chi connectivity index (χ2v) is 6.57. The molecule has 2 atom stereocenters. The van der Waals surface area contributed by atoms with Gasteiger partial charge in [0.25, 0.3) is 0 Å². The summed E-state index contributed by atoms with van der Waals surface area (Å²) in [5.41, 5.74) is 3.99. The molecule has 1 heterocycles. The molecule has 3 rings (SSSR count). The molecule has 0 aromatic heterocycles. The number of aliphatic hydroxyl groups excluding tert-OH is 1. The van der Waals surface area contributed by atoms with Gasteiger partial charge in [-0.3, -0.25) is 0 Å². The smallest absolute Gasteiger partial charge is 0.0741 e. The number of hydrogen-bond donors (Lipinski definition) is 2. The zero-order valence-electron chi connectivity index (χ0n) is 12.6.